The van der Waals surface area contributed by atoms with Crippen LogP contribution in [0.3, 0.4) is 0 Å². The van der Waals surface area contributed by atoms with Crippen molar-refractivity contribution in [1.29, 1.82) is 0 Å². The molecule has 0 saturated heterocycles. The summed E-state index contributed by atoms with van der Waals surface area (Å²) in [6, 6.07) is 14.2. The van der Waals surface area contributed by atoms with Gasteiger partial charge in [0.2, 0.25) is 5.96 Å². The summed E-state index contributed by atoms with van der Waals surface area (Å²) in [6.07, 6.45) is 2.42. The van der Waals surface area contributed by atoms with Gasteiger partial charge >= 0.3 is 0 Å². The van der Waals surface area contributed by atoms with Crippen LogP contribution in [-0.4, -0.2) is 41.5 Å². The molecule has 1 N–H and O–H groups in total. The number of nitrogens with zero attached hydrogens (tertiary/aromatic N) is 3. The highest BCUT2D eigenvalue weighted by molar-refractivity contribution is 6.31. The van der Waals surface area contributed by atoms with E-state index in [2.05, 4.69) is 15.3 Å². The number of aryl methyl sites for hydroxylation is 1. The Morgan fingerprint density at radius 1 is 1.14 bits per heavy atom. The summed E-state index contributed by atoms with van der Waals surface area (Å²) < 4.78 is 0. The lowest BCUT2D eigenvalue weighted by atomic mass is 10.0. The van der Waals surface area contributed by atoms with Gasteiger partial charge in [-0.2, -0.15) is 0 Å². The van der Waals surface area contributed by atoms with Gasteiger partial charge in [0.1, 0.15) is 0 Å². The molecule has 2 heterocycles. The Labute approximate surface area is 173 Å². The molecule has 0 radical (unpaired) electrons. The number of amides is 2. The Morgan fingerprint density at radius 2 is 1.97 bits per heavy atom. The van der Waals surface area contributed by atoms with Crippen LogP contribution in [-0.2, 0) is 0 Å². The molecule has 0 aromatic heterocycles. The zero-order valence-corrected chi connectivity index (χ0v) is 16.6. The highest BCUT2D eigenvalue weighted by atomic mass is 35.5. The summed E-state index contributed by atoms with van der Waals surface area (Å²) in [5.74, 6) is -0.0605. The number of carbonyl (C=O) groups excluding carboxylic acids is 2. The average molecular weight is 407 g/mol. The van der Waals surface area contributed by atoms with Crippen molar-refractivity contribution in [3.63, 3.8) is 0 Å². The molecule has 2 aromatic carbocycles. The van der Waals surface area contributed by atoms with Gasteiger partial charge in [-0.3, -0.25) is 14.9 Å². The summed E-state index contributed by atoms with van der Waals surface area (Å²) in [5, 5.41) is 3.21. The maximum Gasteiger partial charge on any atom is 0.258 e. The van der Waals surface area contributed by atoms with Crippen molar-refractivity contribution in [3.8, 4) is 0 Å². The fraction of sp³-hybridized carbons (Fsp3) is 0.182. The predicted molar refractivity (Wildman–Crippen MR) is 114 cm³/mol. The first-order valence-electron chi connectivity index (χ1n) is 9.28. The van der Waals surface area contributed by atoms with Crippen molar-refractivity contribution in [2.24, 2.45) is 9.98 Å². The lowest BCUT2D eigenvalue weighted by molar-refractivity contribution is 0.0821. The SMILES string of the molecule is Cc1ccccc1C(=O)N1C=C2CN=C(NC(=O)c3cccc(Cl)c3)N=C2CC1. The number of guanidine groups is 1. The van der Waals surface area contributed by atoms with Crippen molar-refractivity contribution in [2.75, 3.05) is 13.1 Å². The number of rotatable bonds is 2. The molecular formula is C22H19ClN4O2. The average Bonchev–Trinajstić information content (AvgIpc) is 2.73. The first kappa shape index (κ1) is 19.1. The molecule has 0 aliphatic carbocycles. The lowest BCUT2D eigenvalue weighted by Gasteiger charge is -2.28. The first-order chi connectivity index (χ1) is 14.0. The highest BCUT2D eigenvalue weighted by Crippen LogP contribution is 2.20. The van der Waals surface area contributed by atoms with Crippen LogP contribution in [0.25, 0.3) is 0 Å². The molecule has 29 heavy (non-hydrogen) atoms. The molecule has 2 amide bonds. The third kappa shape index (κ3) is 4.12. The Morgan fingerprint density at radius 3 is 2.76 bits per heavy atom. The number of aliphatic imine (C=N–C) groups is 2. The molecule has 0 bridgehead atoms. The van der Waals surface area contributed by atoms with E-state index in [0.29, 0.717) is 35.7 Å². The summed E-state index contributed by atoms with van der Waals surface area (Å²) in [4.78, 5) is 35.7. The number of nitrogens with one attached hydrogen (secondary N) is 1. The van der Waals surface area contributed by atoms with E-state index in [1.165, 1.54) is 0 Å². The molecular weight excluding hydrogens is 388 g/mol. The maximum atomic E-state index is 12.8. The van der Waals surface area contributed by atoms with E-state index in [1.54, 1.807) is 29.2 Å². The van der Waals surface area contributed by atoms with Crippen LogP contribution in [0.4, 0.5) is 0 Å². The topological polar surface area (TPSA) is 74.1 Å². The van der Waals surface area contributed by atoms with E-state index in [1.807, 2.05) is 37.4 Å². The molecule has 2 aliphatic heterocycles. The van der Waals surface area contributed by atoms with E-state index >= 15 is 0 Å². The number of hydrogen-bond donors (Lipinski definition) is 1. The number of hydrogen-bond acceptors (Lipinski definition) is 4. The molecule has 0 fully saturated rings. The lowest BCUT2D eigenvalue weighted by Crippen LogP contribution is -2.38. The van der Waals surface area contributed by atoms with Gasteiger partial charge in [0, 0.05) is 40.9 Å². The van der Waals surface area contributed by atoms with Crippen LogP contribution in [0.15, 0.2) is 70.3 Å². The molecule has 2 aliphatic rings. The molecule has 0 atom stereocenters. The van der Waals surface area contributed by atoms with Gasteiger partial charge in [-0.25, -0.2) is 9.98 Å². The maximum absolute atomic E-state index is 12.8. The van der Waals surface area contributed by atoms with Gasteiger partial charge < -0.3 is 4.90 Å². The van der Waals surface area contributed by atoms with Crippen molar-refractivity contribution in [2.45, 2.75) is 13.3 Å². The van der Waals surface area contributed by atoms with Crippen LogP contribution in [0.1, 0.15) is 32.7 Å². The highest BCUT2D eigenvalue weighted by Gasteiger charge is 2.25. The second kappa shape index (κ2) is 8.01. The van der Waals surface area contributed by atoms with E-state index < -0.39 is 0 Å². The van der Waals surface area contributed by atoms with Gasteiger partial charge in [-0.05, 0) is 36.8 Å². The fourth-order valence-electron chi connectivity index (χ4n) is 3.30. The third-order valence-electron chi connectivity index (χ3n) is 4.86. The quantitative estimate of drug-likeness (QED) is 0.827. The fourth-order valence-corrected chi connectivity index (χ4v) is 3.49. The van der Waals surface area contributed by atoms with E-state index in [9.17, 15) is 9.59 Å². The minimum Gasteiger partial charge on any atom is -0.314 e. The van der Waals surface area contributed by atoms with Gasteiger partial charge in [-0.1, -0.05) is 35.9 Å². The summed E-state index contributed by atoms with van der Waals surface area (Å²) in [6.45, 7) is 2.82. The van der Waals surface area contributed by atoms with Crippen molar-refractivity contribution in [3.05, 3.63) is 82.0 Å². The van der Waals surface area contributed by atoms with Crippen LogP contribution in [0, 0.1) is 6.92 Å². The van der Waals surface area contributed by atoms with Crippen molar-refractivity contribution >= 4 is 35.1 Å². The minimum absolute atomic E-state index is 0.0290. The minimum atomic E-state index is -0.310. The van der Waals surface area contributed by atoms with E-state index in [0.717, 1.165) is 16.8 Å². The molecule has 6 nitrogen and oxygen atoms in total. The molecule has 7 heteroatoms. The van der Waals surface area contributed by atoms with E-state index in [4.69, 9.17) is 11.6 Å². The molecule has 146 valence electrons. The molecule has 0 unspecified atom stereocenters. The van der Waals surface area contributed by atoms with Gasteiger partial charge in [-0.15, -0.1) is 0 Å². The van der Waals surface area contributed by atoms with Crippen LogP contribution in [0.5, 0.6) is 0 Å². The number of halogens is 1. The van der Waals surface area contributed by atoms with E-state index in [-0.39, 0.29) is 17.8 Å². The Hall–Kier alpha value is -3.25. The zero-order chi connectivity index (χ0) is 20.4. The normalized spacial score (nSPS) is 15.7. The van der Waals surface area contributed by atoms with Gasteiger partial charge in [0.05, 0.1) is 12.3 Å². The smallest absolute Gasteiger partial charge is 0.258 e. The monoisotopic (exact) mass is 406 g/mol. The summed E-state index contributed by atoms with van der Waals surface area (Å²) in [7, 11) is 0. The van der Waals surface area contributed by atoms with Gasteiger partial charge in [0.25, 0.3) is 11.8 Å². The number of carbonyl (C=O) groups is 2. The van der Waals surface area contributed by atoms with Crippen LogP contribution in [0.2, 0.25) is 5.02 Å². The van der Waals surface area contributed by atoms with Crippen molar-refractivity contribution in [1.82, 2.24) is 10.2 Å². The second-order valence-electron chi connectivity index (χ2n) is 6.88. The standard InChI is InChI=1S/C22H19ClN4O2/c1-14-5-2-3-8-18(14)21(29)27-10-9-19-16(13-27)12-24-22(25-19)26-20(28)15-6-4-7-17(23)11-15/h2-8,11,13H,9-10,12H2,1H3,(H,24,26,28). The Bertz CT molecular complexity index is 1090. The molecule has 0 saturated carbocycles. The first-order valence-corrected chi connectivity index (χ1v) is 9.65. The second-order valence-corrected chi connectivity index (χ2v) is 7.32. The third-order valence-corrected chi connectivity index (χ3v) is 5.10. The molecule has 2 aromatic rings. The predicted octanol–water partition coefficient (Wildman–Crippen LogP) is 3.62. The van der Waals surface area contributed by atoms with Gasteiger partial charge in [0.15, 0.2) is 0 Å². The van der Waals surface area contributed by atoms with Crippen LogP contribution >= 0.6 is 11.6 Å². The number of benzene rings is 2. The summed E-state index contributed by atoms with van der Waals surface area (Å²) in [5.41, 5.74) is 3.82. The van der Waals surface area contributed by atoms with Crippen molar-refractivity contribution < 1.29 is 9.59 Å². The molecule has 0 spiro atoms. The Kier molecular flexibility index (Phi) is 5.27. The number of fused-ring (bicyclic) bond motifs is 1. The zero-order valence-electron chi connectivity index (χ0n) is 15.9. The molecule has 4 rings (SSSR count). The summed E-state index contributed by atoms with van der Waals surface area (Å²) >= 11 is 5.94. The largest absolute Gasteiger partial charge is 0.314 e. The van der Waals surface area contributed by atoms with Crippen LogP contribution < -0.4 is 5.32 Å². The Balaban J connectivity index is 1.47.